The van der Waals surface area contributed by atoms with Gasteiger partial charge in [0.1, 0.15) is 17.6 Å². The van der Waals surface area contributed by atoms with Crippen molar-refractivity contribution in [3.63, 3.8) is 0 Å². The van der Waals surface area contributed by atoms with Crippen molar-refractivity contribution in [2.75, 3.05) is 12.0 Å². The van der Waals surface area contributed by atoms with E-state index in [4.69, 9.17) is 4.74 Å². The highest BCUT2D eigenvalue weighted by Crippen LogP contribution is 2.32. The van der Waals surface area contributed by atoms with Crippen molar-refractivity contribution in [1.29, 1.82) is 0 Å². The van der Waals surface area contributed by atoms with E-state index in [1.807, 2.05) is 17.5 Å². The lowest BCUT2D eigenvalue weighted by Crippen LogP contribution is -2.47. The number of nitrogens with one attached hydrogen (secondary N) is 1. The molecule has 2 aromatic carbocycles. The van der Waals surface area contributed by atoms with Crippen LogP contribution in [0.2, 0.25) is 0 Å². The Balaban J connectivity index is 1.77. The van der Waals surface area contributed by atoms with Crippen LogP contribution in [-0.4, -0.2) is 25.0 Å². The van der Waals surface area contributed by atoms with E-state index in [0.29, 0.717) is 11.3 Å². The van der Waals surface area contributed by atoms with Crippen molar-refractivity contribution in [1.82, 2.24) is 5.32 Å². The summed E-state index contributed by atoms with van der Waals surface area (Å²) in [7, 11) is 1.56. The molecule has 1 N–H and O–H groups in total. The molecule has 7 heteroatoms. The fourth-order valence-electron chi connectivity index (χ4n) is 4.27. The fourth-order valence-corrected chi connectivity index (χ4v) is 4.96. The molecule has 2 amide bonds. The van der Waals surface area contributed by atoms with Gasteiger partial charge in [-0.1, -0.05) is 43.2 Å². The van der Waals surface area contributed by atoms with Gasteiger partial charge in [0.15, 0.2) is 0 Å². The highest BCUT2D eigenvalue weighted by atomic mass is 32.1. The van der Waals surface area contributed by atoms with Gasteiger partial charge in [-0.15, -0.1) is 11.3 Å². The number of carbonyl (C=O) groups excluding carboxylic acids is 2. The molecule has 1 aliphatic carbocycles. The maximum absolute atomic E-state index is 15.0. The van der Waals surface area contributed by atoms with Crippen LogP contribution in [-0.2, 0) is 16.0 Å². The topological polar surface area (TPSA) is 58.6 Å². The number of methoxy groups -OCH3 is 1. The number of halogens is 1. The second-order valence-corrected chi connectivity index (χ2v) is 9.17. The van der Waals surface area contributed by atoms with Crippen LogP contribution in [0.4, 0.5) is 10.1 Å². The van der Waals surface area contributed by atoms with Gasteiger partial charge in [-0.3, -0.25) is 14.5 Å². The Morgan fingerprint density at radius 1 is 1.09 bits per heavy atom. The Hall–Kier alpha value is -3.19. The summed E-state index contributed by atoms with van der Waals surface area (Å²) in [6, 6.07) is 15.9. The van der Waals surface area contributed by atoms with Crippen LogP contribution in [0, 0.1) is 5.82 Å². The quantitative estimate of drug-likeness (QED) is 0.492. The van der Waals surface area contributed by atoms with Gasteiger partial charge < -0.3 is 10.1 Å². The highest BCUT2D eigenvalue weighted by molar-refractivity contribution is 7.10. The number of nitrogens with zero attached hydrogens (tertiary/aromatic N) is 1. The molecule has 0 bridgehead atoms. The molecule has 5 nitrogen and oxygen atoms in total. The Bertz CT molecular complexity index is 1080. The number of benzene rings is 2. The Kier molecular flexibility index (Phi) is 7.40. The third kappa shape index (κ3) is 5.42. The summed E-state index contributed by atoms with van der Waals surface area (Å²) in [5, 5.41) is 5.00. The fraction of sp³-hybridized carbons (Fsp3) is 0.308. The number of hydrogen-bond donors (Lipinski definition) is 1. The second kappa shape index (κ2) is 10.6. The van der Waals surface area contributed by atoms with Gasteiger partial charge in [0.2, 0.25) is 11.8 Å². The molecule has 172 valence electrons. The predicted molar refractivity (Wildman–Crippen MR) is 128 cm³/mol. The minimum atomic E-state index is -1.01. The van der Waals surface area contributed by atoms with E-state index in [9.17, 15) is 14.0 Å². The summed E-state index contributed by atoms with van der Waals surface area (Å²) in [6.45, 7) is 0. The first-order valence-electron chi connectivity index (χ1n) is 11.1. The van der Waals surface area contributed by atoms with Crippen molar-refractivity contribution in [2.24, 2.45) is 0 Å². The first-order valence-corrected chi connectivity index (χ1v) is 12.0. The van der Waals surface area contributed by atoms with E-state index >= 15 is 0 Å². The molecule has 4 rings (SSSR count). The Morgan fingerprint density at radius 2 is 1.82 bits per heavy atom. The zero-order valence-corrected chi connectivity index (χ0v) is 19.3. The summed E-state index contributed by atoms with van der Waals surface area (Å²) in [5.74, 6) is -0.569. The van der Waals surface area contributed by atoms with Crippen molar-refractivity contribution in [2.45, 2.75) is 44.2 Å². The maximum atomic E-state index is 15.0. The lowest BCUT2D eigenvalue weighted by atomic mass is 10.0. The van der Waals surface area contributed by atoms with Gasteiger partial charge in [-0.05, 0) is 54.1 Å². The number of anilines is 1. The first kappa shape index (κ1) is 23.0. The van der Waals surface area contributed by atoms with E-state index in [2.05, 4.69) is 5.32 Å². The van der Waals surface area contributed by atoms with Crippen LogP contribution in [0.3, 0.4) is 0 Å². The van der Waals surface area contributed by atoms with Crippen molar-refractivity contribution in [3.05, 3.63) is 82.3 Å². The van der Waals surface area contributed by atoms with Crippen molar-refractivity contribution < 1.29 is 18.7 Å². The van der Waals surface area contributed by atoms with Crippen LogP contribution < -0.4 is 15.0 Å². The molecule has 3 aromatic rings. The van der Waals surface area contributed by atoms with Crippen LogP contribution in [0.1, 0.15) is 42.2 Å². The smallest absolute Gasteiger partial charge is 0.248 e. The normalized spacial score (nSPS) is 14.6. The molecule has 0 spiro atoms. The minimum absolute atomic E-state index is 0.0631. The van der Waals surface area contributed by atoms with Crippen LogP contribution >= 0.6 is 11.3 Å². The molecule has 0 aliphatic heterocycles. The first-order chi connectivity index (χ1) is 16.1. The van der Waals surface area contributed by atoms with E-state index in [1.54, 1.807) is 49.6 Å². The number of para-hydroxylation sites is 1. The average Bonchev–Trinajstić information content (AvgIpc) is 3.52. The van der Waals surface area contributed by atoms with Gasteiger partial charge in [0.05, 0.1) is 19.2 Å². The van der Waals surface area contributed by atoms with Crippen LogP contribution in [0.5, 0.6) is 5.75 Å². The summed E-state index contributed by atoms with van der Waals surface area (Å²) >= 11 is 1.46. The molecule has 1 unspecified atom stereocenters. The predicted octanol–water partition coefficient (Wildman–Crippen LogP) is 5.27. The average molecular weight is 467 g/mol. The van der Waals surface area contributed by atoms with Crippen LogP contribution in [0.25, 0.3) is 0 Å². The standard InChI is InChI=1S/C26H27FN2O3S/c1-32-20-14-12-18(13-15-20)25(26(31)28-19-7-2-3-8-19)29(23-11-5-4-10-22(23)27)24(30)17-21-9-6-16-33-21/h4-6,9-16,19,25H,2-3,7-8,17H2,1H3,(H,28,31). The molecule has 1 saturated carbocycles. The molecule has 0 radical (unpaired) electrons. The lowest BCUT2D eigenvalue weighted by Gasteiger charge is -2.32. The second-order valence-electron chi connectivity index (χ2n) is 8.14. The third-order valence-electron chi connectivity index (χ3n) is 5.93. The summed E-state index contributed by atoms with van der Waals surface area (Å²) in [6.07, 6.45) is 4.02. The zero-order chi connectivity index (χ0) is 23.2. The lowest BCUT2D eigenvalue weighted by molar-refractivity contribution is -0.127. The zero-order valence-electron chi connectivity index (χ0n) is 18.5. The van der Waals surface area contributed by atoms with Crippen LogP contribution in [0.15, 0.2) is 66.0 Å². The van der Waals surface area contributed by atoms with E-state index in [0.717, 1.165) is 30.6 Å². The van der Waals surface area contributed by atoms with Crippen molar-refractivity contribution in [3.8, 4) is 5.75 Å². The number of rotatable bonds is 8. The molecule has 1 heterocycles. The van der Waals surface area contributed by atoms with E-state index in [-0.39, 0.29) is 30.0 Å². The summed E-state index contributed by atoms with van der Waals surface area (Å²) in [4.78, 5) is 29.4. The van der Waals surface area contributed by atoms with E-state index in [1.165, 1.54) is 22.3 Å². The van der Waals surface area contributed by atoms with Crippen molar-refractivity contribution >= 4 is 28.8 Å². The Labute approximate surface area is 197 Å². The number of thiophene rings is 1. The van der Waals surface area contributed by atoms with E-state index < -0.39 is 11.9 Å². The highest BCUT2D eigenvalue weighted by Gasteiger charge is 2.35. The number of amides is 2. The maximum Gasteiger partial charge on any atom is 0.248 e. The number of ether oxygens (including phenoxy) is 1. The number of carbonyl (C=O) groups is 2. The van der Waals surface area contributed by atoms with Gasteiger partial charge in [0, 0.05) is 10.9 Å². The third-order valence-corrected chi connectivity index (χ3v) is 6.80. The monoisotopic (exact) mass is 466 g/mol. The molecular weight excluding hydrogens is 439 g/mol. The van der Waals surface area contributed by atoms with Gasteiger partial charge in [-0.25, -0.2) is 4.39 Å². The molecule has 1 fully saturated rings. The Morgan fingerprint density at radius 3 is 2.45 bits per heavy atom. The molecule has 1 aliphatic rings. The number of hydrogen-bond acceptors (Lipinski definition) is 4. The summed E-state index contributed by atoms with van der Waals surface area (Å²) in [5.41, 5.74) is 0.676. The molecule has 0 saturated heterocycles. The SMILES string of the molecule is COc1ccc(C(C(=O)NC2CCCC2)N(C(=O)Cc2cccs2)c2ccccc2F)cc1. The largest absolute Gasteiger partial charge is 0.497 e. The molecule has 1 atom stereocenters. The van der Waals surface area contributed by atoms with Gasteiger partial charge in [0.25, 0.3) is 0 Å². The molecule has 33 heavy (non-hydrogen) atoms. The molecular formula is C26H27FN2O3S. The van der Waals surface area contributed by atoms with Gasteiger partial charge in [-0.2, -0.15) is 0 Å². The minimum Gasteiger partial charge on any atom is -0.497 e. The molecule has 1 aromatic heterocycles. The summed E-state index contributed by atoms with van der Waals surface area (Å²) < 4.78 is 20.3. The van der Waals surface area contributed by atoms with Gasteiger partial charge >= 0.3 is 0 Å².